The van der Waals surface area contributed by atoms with Gasteiger partial charge in [0.15, 0.2) is 0 Å². The number of carbonyl (C=O) groups is 2. The molecule has 0 saturated carbocycles. The molecule has 0 amide bonds. The predicted octanol–water partition coefficient (Wildman–Crippen LogP) is -0.976. The second kappa shape index (κ2) is 1.51. The maximum atomic E-state index is 10.3. The SMILES string of the molecule is O=C1C=CS(=O)(=O)C1=O. The van der Waals surface area contributed by atoms with E-state index in [1.165, 1.54) is 0 Å². The van der Waals surface area contributed by atoms with Crippen LogP contribution >= 0.6 is 0 Å². The third kappa shape index (κ3) is 0.787. The van der Waals surface area contributed by atoms with E-state index in [0.29, 0.717) is 5.41 Å². The zero-order valence-electron chi connectivity index (χ0n) is 4.20. The van der Waals surface area contributed by atoms with Crippen molar-refractivity contribution >= 4 is 20.7 Å². The fraction of sp³-hybridized carbons (Fsp3) is 0. The first-order valence-electron chi connectivity index (χ1n) is 2.05. The van der Waals surface area contributed by atoms with Crippen molar-refractivity contribution in [2.45, 2.75) is 0 Å². The molecule has 1 rings (SSSR count). The fourth-order valence-corrected chi connectivity index (χ4v) is 1.20. The smallest absolute Gasteiger partial charge is 0.285 e. The molecular weight excluding hydrogens is 144 g/mol. The fourth-order valence-electron chi connectivity index (χ4n) is 0.421. The van der Waals surface area contributed by atoms with E-state index in [1.807, 2.05) is 0 Å². The molecule has 1 aliphatic heterocycles. The molecule has 0 aromatic carbocycles. The number of carbonyl (C=O) groups excluding carboxylic acids is 2. The number of allylic oxidation sites excluding steroid dienone is 1. The highest BCUT2D eigenvalue weighted by Crippen LogP contribution is 2.04. The monoisotopic (exact) mass is 146 g/mol. The highest BCUT2D eigenvalue weighted by atomic mass is 32.2. The van der Waals surface area contributed by atoms with Crippen LogP contribution in [0, 0.1) is 0 Å². The van der Waals surface area contributed by atoms with Crippen molar-refractivity contribution in [3.63, 3.8) is 0 Å². The van der Waals surface area contributed by atoms with Crippen LogP contribution in [0.2, 0.25) is 0 Å². The number of hydrogen-bond donors (Lipinski definition) is 0. The Hall–Kier alpha value is -0.970. The maximum Gasteiger partial charge on any atom is 0.320 e. The van der Waals surface area contributed by atoms with Gasteiger partial charge in [0.1, 0.15) is 0 Å². The summed E-state index contributed by atoms with van der Waals surface area (Å²) >= 11 is 0. The Labute approximate surface area is 51.1 Å². The Morgan fingerprint density at radius 3 is 1.89 bits per heavy atom. The van der Waals surface area contributed by atoms with Crippen LogP contribution in [0.25, 0.3) is 0 Å². The van der Waals surface area contributed by atoms with Crippen LogP contribution in [0.4, 0.5) is 0 Å². The third-order valence-electron chi connectivity index (χ3n) is 0.858. The molecule has 0 bridgehead atoms. The largest absolute Gasteiger partial charge is 0.320 e. The van der Waals surface area contributed by atoms with Gasteiger partial charge in [-0.25, -0.2) is 8.42 Å². The molecule has 0 aliphatic carbocycles. The topological polar surface area (TPSA) is 68.3 Å². The zero-order chi connectivity index (χ0) is 7.07. The summed E-state index contributed by atoms with van der Waals surface area (Å²) in [6, 6.07) is 0. The third-order valence-corrected chi connectivity index (χ3v) is 2.07. The number of hydrogen-bond acceptors (Lipinski definition) is 4. The molecular formula is C4H2O4S. The standard InChI is InChI=1S/C4H2O4S/c5-3-1-2-9(7,8)4(3)6/h1-2H. The van der Waals surface area contributed by atoms with Crippen LogP contribution in [0.1, 0.15) is 0 Å². The molecule has 5 heteroatoms. The van der Waals surface area contributed by atoms with E-state index in [1.54, 1.807) is 0 Å². The van der Waals surface area contributed by atoms with Crippen molar-refractivity contribution in [2.75, 3.05) is 0 Å². The number of ketones is 1. The Morgan fingerprint density at radius 1 is 1.22 bits per heavy atom. The predicted molar refractivity (Wildman–Crippen MR) is 28.1 cm³/mol. The van der Waals surface area contributed by atoms with Gasteiger partial charge in [-0.3, -0.25) is 9.59 Å². The summed E-state index contributed by atoms with van der Waals surface area (Å²) in [5.41, 5.74) is 0. The van der Waals surface area contributed by atoms with E-state index >= 15 is 0 Å². The van der Waals surface area contributed by atoms with Gasteiger partial charge in [-0.1, -0.05) is 0 Å². The molecule has 0 radical (unpaired) electrons. The van der Waals surface area contributed by atoms with Crippen LogP contribution in [-0.2, 0) is 19.4 Å². The van der Waals surface area contributed by atoms with E-state index in [-0.39, 0.29) is 0 Å². The van der Waals surface area contributed by atoms with E-state index < -0.39 is 20.7 Å². The molecule has 0 aromatic rings. The quantitative estimate of drug-likeness (QED) is 0.412. The lowest BCUT2D eigenvalue weighted by Crippen LogP contribution is -2.13. The van der Waals surface area contributed by atoms with Crippen LogP contribution in [0.5, 0.6) is 0 Å². The Balaban J connectivity index is 3.32. The Bertz CT molecular complexity index is 295. The summed E-state index contributed by atoms with van der Waals surface area (Å²) < 4.78 is 20.6. The van der Waals surface area contributed by atoms with E-state index in [4.69, 9.17) is 0 Å². The number of sulfone groups is 1. The van der Waals surface area contributed by atoms with Crippen LogP contribution in [-0.4, -0.2) is 19.3 Å². The summed E-state index contributed by atoms with van der Waals surface area (Å²) in [6.45, 7) is 0. The molecule has 0 aromatic heterocycles. The lowest BCUT2D eigenvalue weighted by atomic mass is 10.4. The second-order valence-corrected chi connectivity index (χ2v) is 3.23. The number of rotatable bonds is 0. The van der Waals surface area contributed by atoms with Crippen molar-refractivity contribution < 1.29 is 18.0 Å². The van der Waals surface area contributed by atoms with E-state index in [2.05, 4.69) is 0 Å². The lowest BCUT2D eigenvalue weighted by Gasteiger charge is -1.79. The summed E-state index contributed by atoms with van der Waals surface area (Å²) in [6.07, 6.45) is 0.748. The van der Waals surface area contributed by atoms with Gasteiger partial charge in [0.05, 0.1) is 0 Å². The molecule has 1 heterocycles. The van der Waals surface area contributed by atoms with Crippen LogP contribution in [0.15, 0.2) is 11.5 Å². The van der Waals surface area contributed by atoms with Crippen LogP contribution < -0.4 is 0 Å². The highest BCUT2D eigenvalue weighted by molar-refractivity contribution is 8.11. The van der Waals surface area contributed by atoms with E-state index in [0.717, 1.165) is 6.08 Å². The molecule has 4 nitrogen and oxygen atoms in total. The van der Waals surface area contributed by atoms with Gasteiger partial charge < -0.3 is 0 Å². The minimum atomic E-state index is -3.84. The Morgan fingerprint density at radius 2 is 1.78 bits per heavy atom. The van der Waals surface area contributed by atoms with Crippen molar-refractivity contribution in [1.82, 2.24) is 0 Å². The average Bonchev–Trinajstić information content (AvgIpc) is 1.97. The van der Waals surface area contributed by atoms with Gasteiger partial charge in [0.2, 0.25) is 15.6 Å². The molecule has 48 valence electrons. The van der Waals surface area contributed by atoms with Crippen molar-refractivity contribution in [3.8, 4) is 0 Å². The van der Waals surface area contributed by atoms with Gasteiger partial charge in [-0.15, -0.1) is 0 Å². The normalized spacial score (nSPS) is 23.1. The minimum Gasteiger partial charge on any atom is -0.285 e. The summed E-state index contributed by atoms with van der Waals surface area (Å²) in [5, 5.41) is -0.722. The molecule has 0 spiro atoms. The first-order valence-corrected chi connectivity index (χ1v) is 3.60. The first kappa shape index (κ1) is 6.15. The lowest BCUT2D eigenvalue weighted by molar-refractivity contribution is -0.128. The molecule has 0 fully saturated rings. The molecule has 9 heavy (non-hydrogen) atoms. The Kier molecular flexibility index (Phi) is 1.03. The first-order chi connectivity index (χ1) is 4.04. The van der Waals surface area contributed by atoms with Crippen LogP contribution in [0.3, 0.4) is 0 Å². The zero-order valence-corrected chi connectivity index (χ0v) is 5.01. The van der Waals surface area contributed by atoms with Gasteiger partial charge >= 0.3 is 5.12 Å². The molecule has 1 aliphatic rings. The van der Waals surface area contributed by atoms with Gasteiger partial charge in [-0.2, -0.15) is 0 Å². The van der Waals surface area contributed by atoms with Crippen molar-refractivity contribution in [3.05, 3.63) is 11.5 Å². The highest BCUT2D eigenvalue weighted by Gasteiger charge is 2.30. The molecule has 0 N–H and O–H groups in total. The van der Waals surface area contributed by atoms with Crippen molar-refractivity contribution in [1.29, 1.82) is 0 Å². The molecule has 0 atom stereocenters. The minimum absolute atomic E-state index is 0.609. The van der Waals surface area contributed by atoms with Gasteiger partial charge in [0.25, 0.3) is 0 Å². The van der Waals surface area contributed by atoms with E-state index in [9.17, 15) is 18.0 Å². The van der Waals surface area contributed by atoms with Crippen molar-refractivity contribution in [2.24, 2.45) is 0 Å². The summed E-state index contributed by atoms with van der Waals surface area (Å²) in [4.78, 5) is 20.4. The second-order valence-electron chi connectivity index (χ2n) is 1.50. The van der Waals surface area contributed by atoms with Gasteiger partial charge in [-0.05, 0) is 0 Å². The maximum absolute atomic E-state index is 10.3. The van der Waals surface area contributed by atoms with Gasteiger partial charge in [0, 0.05) is 11.5 Å². The summed E-state index contributed by atoms with van der Waals surface area (Å²) in [5.74, 6) is -0.963. The average molecular weight is 146 g/mol. The summed E-state index contributed by atoms with van der Waals surface area (Å²) in [7, 11) is -3.84. The molecule has 0 saturated heterocycles. The molecule has 0 unspecified atom stereocenters.